The first-order valence-electron chi connectivity index (χ1n) is 10.9. The van der Waals surface area contributed by atoms with Gasteiger partial charge >= 0.3 is 0 Å². The van der Waals surface area contributed by atoms with Crippen molar-refractivity contribution < 1.29 is 0 Å². The minimum Gasteiger partial charge on any atom is -0.103 e. The smallest absolute Gasteiger partial charge is 0.0308 e. The maximum absolute atomic E-state index is 3.88. The molecule has 1 rings (SSSR count). The van der Waals surface area contributed by atoms with Crippen LogP contribution in [-0.4, -0.2) is 0 Å². The quantitative estimate of drug-likeness (QED) is 0.313. The van der Waals surface area contributed by atoms with E-state index in [2.05, 4.69) is 103 Å². The molecule has 164 valence electrons. The van der Waals surface area contributed by atoms with Crippen LogP contribution in [0.15, 0.2) is 114 Å². The fourth-order valence-corrected chi connectivity index (χ4v) is 2.40. The van der Waals surface area contributed by atoms with E-state index < -0.39 is 0 Å². The van der Waals surface area contributed by atoms with Crippen LogP contribution >= 0.6 is 0 Å². The first-order valence-corrected chi connectivity index (χ1v) is 10.9. The van der Waals surface area contributed by atoms with Gasteiger partial charge in [0.25, 0.3) is 0 Å². The van der Waals surface area contributed by atoms with E-state index in [1.807, 2.05) is 32.0 Å². The number of hydrogen-bond acceptors (Lipinski definition) is 0. The molecule has 0 heterocycles. The molecular weight excluding hydrogens is 360 g/mol. The molecule has 0 atom stereocenters. The second-order valence-electron chi connectivity index (χ2n) is 7.41. The summed E-state index contributed by atoms with van der Waals surface area (Å²) in [4.78, 5) is 0. The Balaban J connectivity index is 0. The Morgan fingerprint density at radius 1 is 0.867 bits per heavy atom. The predicted molar refractivity (Wildman–Crippen MR) is 141 cm³/mol. The molecule has 0 saturated heterocycles. The first kappa shape index (κ1) is 29.6. The summed E-state index contributed by atoms with van der Waals surface area (Å²) < 4.78 is 0. The predicted octanol–water partition coefficient (Wildman–Crippen LogP) is 9.89. The van der Waals surface area contributed by atoms with Crippen LogP contribution < -0.4 is 0 Å². The average Bonchev–Trinajstić information content (AvgIpc) is 2.69. The summed E-state index contributed by atoms with van der Waals surface area (Å²) in [6.45, 7) is 24.1. The highest BCUT2D eigenvalue weighted by Gasteiger charge is 1.93. The molecule has 1 aromatic carbocycles. The zero-order valence-electron chi connectivity index (χ0n) is 20.8. The zero-order chi connectivity index (χ0) is 23.4. The molecule has 0 aromatic heterocycles. The van der Waals surface area contributed by atoms with Crippen LogP contribution in [-0.2, 0) is 0 Å². The highest BCUT2D eigenvalue weighted by molar-refractivity contribution is 5.33. The Kier molecular flexibility index (Phi) is 19.4. The lowest BCUT2D eigenvalue weighted by molar-refractivity contribution is 1.01. The molecule has 0 aliphatic carbocycles. The fraction of sp³-hybridized carbons (Fsp3) is 0.333. The first-order chi connectivity index (χ1) is 14.2. The Bertz CT molecular complexity index is 746. The second-order valence-corrected chi connectivity index (χ2v) is 7.41. The Hall–Kier alpha value is -2.60. The number of rotatable bonds is 7. The van der Waals surface area contributed by atoms with Crippen molar-refractivity contribution >= 4 is 0 Å². The van der Waals surface area contributed by atoms with Gasteiger partial charge in [-0.1, -0.05) is 121 Å². The van der Waals surface area contributed by atoms with Gasteiger partial charge in [-0.05, 0) is 60.0 Å². The number of benzene rings is 1. The van der Waals surface area contributed by atoms with E-state index in [9.17, 15) is 0 Å². The largest absolute Gasteiger partial charge is 0.103 e. The van der Waals surface area contributed by atoms with Gasteiger partial charge in [0.2, 0.25) is 0 Å². The minimum absolute atomic E-state index is 1.08. The summed E-state index contributed by atoms with van der Waals surface area (Å²) in [6.07, 6.45) is 16.8. The van der Waals surface area contributed by atoms with E-state index in [0.29, 0.717) is 0 Å². The van der Waals surface area contributed by atoms with Crippen LogP contribution in [0.5, 0.6) is 0 Å². The third kappa shape index (κ3) is 18.7. The zero-order valence-corrected chi connectivity index (χ0v) is 20.8. The lowest BCUT2D eigenvalue weighted by atomic mass is 10.0. The van der Waals surface area contributed by atoms with Crippen molar-refractivity contribution in [2.24, 2.45) is 0 Å². The van der Waals surface area contributed by atoms with Crippen molar-refractivity contribution in [1.82, 2.24) is 0 Å². The molecule has 0 heteroatoms. The molecule has 0 saturated carbocycles. The molecule has 0 amide bonds. The molecule has 0 fully saturated rings. The molecular formula is C30H44. The van der Waals surface area contributed by atoms with Crippen molar-refractivity contribution in [3.8, 4) is 0 Å². The van der Waals surface area contributed by atoms with Gasteiger partial charge in [0.05, 0.1) is 0 Å². The van der Waals surface area contributed by atoms with Crippen LogP contribution in [0.4, 0.5) is 0 Å². The molecule has 30 heavy (non-hydrogen) atoms. The Morgan fingerprint density at radius 3 is 1.83 bits per heavy atom. The topological polar surface area (TPSA) is 0 Å². The van der Waals surface area contributed by atoms with E-state index in [0.717, 1.165) is 18.4 Å². The average molecular weight is 405 g/mol. The highest BCUT2D eigenvalue weighted by atomic mass is 14.0. The summed E-state index contributed by atoms with van der Waals surface area (Å²) >= 11 is 0. The maximum Gasteiger partial charge on any atom is -0.0308 e. The van der Waals surface area contributed by atoms with E-state index in [-0.39, 0.29) is 0 Å². The van der Waals surface area contributed by atoms with Crippen molar-refractivity contribution in [2.45, 2.75) is 68.2 Å². The van der Waals surface area contributed by atoms with Gasteiger partial charge in [0.1, 0.15) is 0 Å². The van der Waals surface area contributed by atoms with Gasteiger partial charge in [-0.25, -0.2) is 0 Å². The van der Waals surface area contributed by atoms with Gasteiger partial charge in [0, 0.05) is 0 Å². The van der Waals surface area contributed by atoms with E-state index in [1.165, 1.54) is 27.9 Å². The summed E-state index contributed by atoms with van der Waals surface area (Å²) in [5.41, 5.74) is 7.82. The summed E-state index contributed by atoms with van der Waals surface area (Å²) in [5.74, 6) is 0. The van der Waals surface area contributed by atoms with Gasteiger partial charge < -0.3 is 0 Å². The van der Waals surface area contributed by atoms with Crippen molar-refractivity contribution in [3.05, 3.63) is 119 Å². The van der Waals surface area contributed by atoms with Crippen molar-refractivity contribution in [2.75, 3.05) is 0 Å². The molecule has 0 N–H and O–H groups in total. The molecule has 0 spiro atoms. The van der Waals surface area contributed by atoms with Crippen LogP contribution in [0.25, 0.3) is 0 Å². The third-order valence-corrected chi connectivity index (χ3v) is 4.14. The van der Waals surface area contributed by atoms with E-state index in [1.54, 1.807) is 6.08 Å². The second kappa shape index (κ2) is 19.7. The molecule has 0 unspecified atom stereocenters. The molecule has 0 aliphatic rings. The number of hydrogen-bond donors (Lipinski definition) is 0. The third-order valence-electron chi connectivity index (χ3n) is 4.14. The molecule has 1 aromatic rings. The normalized spacial score (nSPS) is 12.5. The van der Waals surface area contributed by atoms with Gasteiger partial charge in [-0.3, -0.25) is 0 Å². The lowest BCUT2D eigenvalue weighted by Gasteiger charge is -2.03. The van der Waals surface area contributed by atoms with Crippen LogP contribution in [0.3, 0.4) is 0 Å². The number of allylic oxidation sites excluding steroid dienone is 12. The summed E-state index contributed by atoms with van der Waals surface area (Å²) in [7, 11) is 0. The monoisotopic (exact) mass is 404 g/mol. The summed E-state index contributed by atoms with van der Waals surface area (Å²) in [6, 6.07) is 10.3. The van der Waals surface area contributed by atoms with Gasteiger partial charge in [0.15, 0.2) is 0 Å². The van der Waals surface area contributed by atoms with Gasteiger partial charge in [-0.15, -0.1) is 6.58 Å². The fourth-order valence-electron chi connectivity index (χ4n) is 2.40. The Labute approximate surface area is 187 Å². The van der Waals surface area contributed by atoms with Gasteiger partial charge in [-0.2, -0.15) is 0 Å². The molecule has 0 nitrogen and oxygen atoms in total. The van der Waals surface area contributed by atoms with Crippen LogP contribution in [0, 0.1) is 6.92 Å². The maximum atomic E-state index is 3.88. The minimum atomic E-state index is 1.08. The van der Waals surface area contributed by atoms with Crippen molar-refractivity contribution in [1.29, 1.82) is 0 Å². The summed E-state index contributed by atoms with van der Waals surface area (Å²) in [5, 5.41) is 0. The molecule has 0 radical (unpaired) electrons. The number of aryl methyl sites for hydroxylation is 1. The van der Waals surface area contributed by atoms with Crippen molar-refractivity contribution in [3.63, 3.8) is 0 Å². The lowest BCUT2D eigenvalue weighted by Crippen LogP contribution is -1.82. The van der Waals surface area contributed by atoms with E-state index >= 15 is 0 Å². The SMILES string of the molecule is C=C(C)/C=C(C)/C=C/C=C(C)/C=C/C(CC)=C(\C)CC.C=CC.Cc1ccccc1. The van der Waals surface area contributed by atoms with E-state index in [4.69, 9.17) is 0 Å². The van der Waals surface area contributed by atoms with Crippen LogP contribution in [0.1, 0.15) is 66.9 Å². The Morgan fingerprint density at radius 2 is 1.43 bits per heavy atom. The standard InChI is InChI=1S/C20H30.C7H8.C3H6/c1-8-19(7)20(9-2)14-13-17(5)11-10-12-18(6)15-16(3)4;1-7-5-3-2-4-6-7;1-3-2/h10-15H,3,8-9H2,1-2,4-7H3;2-6H,1H3;3H,1H2,2H3/b12-10+,14-13+,17-11+,18-15+,20-19+;;. The molecule has 0 bridgehead atoms. The van der Waals surface area contributed by atoms with Crippen LogP contribution in [0.2, 0.25) is 0 Å². The molecule has 0 aliphatic heterocycles. The highest BCUT2D eigenvalue weighted by Crippen LogP contribution is 2.14.